The summed E-state index contributed by atoms with van der Waals surface area (Å²) < 4.78 is 11.5. The molecular weight excluding hydrogens is 352 g/mol. The lowest BCUT2D eigenvalue weighted by Crippen LogP contribution is -2.45. The van der Waals surface area contributed by atoms with Crippen LogP contribution in [-0.4, -0.2) is 25.7 Å². The van der Waals surface area contributed by atoms with E-state index in [0.717, 1.165) is 42.7 Å². The Hall–Kier alpha value is -1.46. The summed E-state index contributed by atoms with van der Waals surface area (Å²) in [7, 11) is 1.65. The largest absolute Gasteiger partial charge is 0.497 e. The molecule has 1 fully saturated rings. The van der Waals surface area contributed by atoms with E-state index in [9.17, 15) is 4.79 Å². The van der Waals surface area contributed by atoms with Crippen LogP contribution in [0.1, 0.15) is 57.9 Å². The van der Waals surface area contributed by atoms with Crippen LogP contribution in [-0.2, 0) is 11.3 Å². The fraction of sp³-hybridized carbons (Fsp3) is 0.650. The maximum atomic E-state index is 12.7. The second-order valence-corrected chi connectivity index (χ2v) is 6.87. The molecule has 0 heterocycles. The first-order valence-electron chi connectivity index (χ1n) is 9.40. The van der Waals surface area contributed by atoms with E-state index in [2.05, 4.69) is 5.32 Å². The summed E-state index contributed by atoms with van der Waals surface area (Å²) in [5, 5.41) is 3.06. The van der Waals surface area contributed by atoms with Crippen LogP contribution < -0.4 is 20.5 Å². The van der Waals surface area contributed by atoms with Crippen LogP contribution in [0.25, 0.3) is 0 Å². The summed E-state index contributed by atoms with van der Waals surface area (Å²) >= 11 is 0. The van der Waals surface area contributed by atoms with Gasteiger partial charge in [-0.3, -0.25) is 4.79 Å². The second kappa shape index (κ2) is 10.6. The van der Waals surface area contributed by atoms with Crippen LogP contribution in [0.2, 0.25) is 0 Å². The lowest BCUT2D eigenvalue weighted by Gasteiger charge is -2.28. The van der Waals surface area contributed by atoms with Crippen LogP contribution >= 0.6 is 12.4 Å². The molecule has 26 heavy (non-hydrogen) atoms. The van der Waals surface area contributed by atoms with E-state index in [4.69, 9.17) is 15.2 Å². The maximum Gasteiger partial charge on any atom is 0.227 e. The van der Waals surface area contributed by atoms with Gasteiger partial charge in [-0.05, 0) is 50.7 Å². The van der Waals surface area contributed by atoms with Gasteiger partial charge in [0.05, 0.1) is 18.6 Å². The van der Waals surface area contributed by atoms with E-state index in [0.29, 0.717) is 13.1 Å². The molecule has 0 aliphatic heterocycles. The molecule has 1 aromatic rings. The predicted octanol–water partition coefficient (Wildman–Crippen LogP) is 3.82. The summed E-state index contributed by atoms with van der Waals surface area (Å²) in [6.45, 7) is 4.82. The number of rotatable bonds is 9. The van der Waals surface area contributed by atoms with Crippen molar-refractivity contribution in [1.29, 1.82) is 0 Å². The number of hydrogen-bond donors (Lipinski definition) is 2. The molecule has 0 aromatic heterocycles. The van der Waals surface area contributed by atoms with E-state index in [1.807, 2.05) is 32.0 Å². The van der Waals surface area contributed by atoms with Crippen LogP contribution in [0.15, 0.2) is 18.2 Å². The summed E-state index contributed by atoms with van der Waals surface area (Å²) in [4.78, 5) is 12.7. The second-order valence-electron chi connectivity index (χ2n) is 6.87. The van der Waals surface area contributed by atoms with E-state index in [-0.39, 0.29) is 24.4 Å². The molecule has 1 aromatic carbocycles. The zero-order valence-corrected chi connectivity index (χ0v) is 17.0. The van der Waals surface area contributed by atoms with Gasteiger partial charge in [-0.25, -0.2) is 0 Å². The number of ether oxygens (including phenoxy) is 2. The third-order valence-corrected chi connectivity index (χ3v) is 5.54. The average molecular weight is 385 g/mol. The summed E-state index contributed by atoms with van der Waals surface area (Å²) in [6, 6.07) is 5.78. The molecule has 5 nitrogen and oxygen atoms in total. The van der Waals surface area contributed by atoms with Crippen molar-refractivity contribution in [2.24, 2.45) is 11.1 Å². The van der Waals surface area contributed by atoms with Crippen LogP contribution in [0.4, 0.5) is 0 Å². The molecule has 1 aliphatic rings. The van der Waals surface area contributed by atoms with Gasteiger partial charge in [0.15, 0.2) is 0 Å². The number of carbonyl (C=O) groups is 1. The molecule has 0 bridgehead atoms. The van der Waals surface area contributed by atoms with Crippen molar-refractivity contribution in [2.45, 2.75) is 65.0 Å². The van der Waals surface area contributed by atoms with Crippen LogP contribution in [0.5, 0.6) is 11.5 Å². The SMILES string of the molecule is CCC(CC)(CN)C(=O)NCc1ccc(OC)cc1OC1CCCC1.Cl. The monoisotopic (exact) mass is 384 g/mol. The molecule has 148 valence electrons. The first-order chi connectivity index (χ1) is 12.1. The van der Waals surface area contributed by atoms with E-state index < -0.39 is 5.41 Å². The lowest BCUT2D eigenvalue weighted by atomic mass is 9.81. The minimum absolute atomic E-state index is 0. The number of methoxy groups -OCH3 is 1. The Morgan fingerprint density at radius 1 is 1.27 bits per heavy atom. The van der Waals surface area contributed by atoms with Crippen LogP contribution in [0, 0.1) is 5.41 Å². The minimum atomic E-state index is -0.487. The van der Waals surface area contributed by atoms with E-state index >= 15 is 0 Å². The number of hydrogen-bond acceptors (Lipinski definition) is 4. The van der Waals surface area contributed by atoms with Gasteiger partial charge < -0.3 is 20.5 Å². The Balaban J connectivity index is 0.00000338. The van der Waals surface area contributed by atoms with Gasteiger partial charge >= 0.3 is 0 Å². The van der Waals surface area contributed by atoms with Gasteiger partial charge in [0, 0.05) is 24.7 Å². The molecule has 6 heteroatoms. The molecular formula is C20H33ClN2O3. The third kappa shape index (κ3) is 5.27. The Morgan fingerprint density at radius 2 is 1.92 bits per heavy atom. The van der Waals surface area contributed by atoms with Gasteiger partial charge in [-0.1, -0.05) is 13.8 Å². The molecule has 0 radical (unpaired) electrons. The Bertz CT molecular complexity index is 562. The quantitative estimate of drug-likeness (QED) is 0.678. The fourth-order valence-corrected chi connectivity index (χ4v) is 3.42. The molecule has 0 saturated heterocycles. The molecule has 0 spiro atoms. The molecule has 1 saturated carbocycles. The highest BCUT2D eigenvalue weighted by molar-refractivity contribution is 5.85. The molecule has 0 atom stereocenters. The van der Waals surface area contributed by atoms with Crippen molar-refractivity contribution >= 4 is 18.3 Å². The molecule has 1 amide bonds. The van der Waals surface area contributed by atoms with Crippen molar-refractivity contribution in [1.82, 2.24) is 5.32 Å². The van der Waals surface area contributed by atoms with E-state index in [1.54, 1.807) is 7.11 Å². The van der Waals surface area contributed by atoms with Gasteiger partial charge in [-0.2, -0.15) is 0 Å². The Labute approximate surface area is 163 Å². The normalized spacial score (nSPS) is 14.6. The van der Waals surface area contributed by atoms with E-state index in [1.165, 1.54) is 12.8 Å². The average Bonchev–Trinajstić information content (AvgIpc) is 3.15. The zero-order chi connectivity index (χ0) is 18.3. The maximum absolute atomic E-state index is 12.7. The van der Waals surface area contributed by atoms with Gasteiger partial charge in [0.2, 0.25) is 5.91 Å². The number of nitrogens with two attached hydrogens (primary N) is 1. The van der Waals surface area contributed by atoms with Crippen molar-refractivity contribution in [3.63, 3.8) is 0 Å². The Morgan fingerprint density at radius 3 is 2.46 bits per heavy atom. The number of nitrogens with one attached hydrogen (secondary N) is 1. The minimum Gasteiger partial charge on any atom is -0.497 e. The first-order valence-corrected chi connectivity index (χ1v) is 9.40. The van der Waals surface area contributed by atoms with Crippen molar-refractivity contribution in [3.8, 4) is 11.5 Å². The molecule has 0 unspecified atom stereocenters. The molecule has 3 N–H and O–H groups in total. The number of halogens is 1. The van der Waals surface area contributed by atoms with Crippen LogP contribution in [0.3, 0.4) is 0 Å². The van der Waals surface area contributed by atoms with Gasteiger partial charge in [0.1, 0.15) is 11.5 Å². The molecule has 1 aliphatic carbocycles. The highest BCUT2D eigenvalue weighted by Crippen LogP contribution is 2.30. The van der Waals surface area contributed by atoms with Crippen molar-refractivity contribution in [2.75, 3.05) is 13.7 Å². The van der Waals surface area contributed by atoms with Gasteiger partial charge in [0.25, 0.3) is 0 Å². The topological polar surface area (TPSA) is 73.6 Å². The summed E-state index contributed by atoms with van der Waals surface area (Å²) in [6.07, 6.45) is 6.34. The number of amides is 1. The third-order valence-electron chi connectivity index (χ3n) is 5.54. The van der Waals surface area contributed by atoms with Crippen molar-refractivity contribution < 1.29 is 14.3 Å². The summed E-state index contributed by atoms with van der Waals surface area (Å²) in [5.74, 6) is 1.59. The van der Waals surface area contributed by atoms with Gasteiger partial charge in [-0.15, -0.1) is 12.4 Å². The first kappa shape index (κ1) is 22.6. The highest BCUT2D eigenvalue weighted by Gasteiger charge is 2.33. The lowest BCUT2D eigenvalue weighted by molar-refractivity contribution is -0.131. The number of benzene rings is 1. The zero-order valence-electron chi connectivity index (χ0n) is 16.2. The Kier molecular flexibility index (Phi) is 9.23. The molecule has 2 rings (SSSR count). The predicted molar refractivity (Wildman–Crippen MR) is 107 cm³/mol. The number of carbonyl (C=O) groups excluding carboxylic acids is 1. The standard InChI is InChI=1S/C20H32N2O3.ClH/c1-4-20(5-2,14-21)19(23)22-13-15-10-11-17(24-3)12-18(15)25-16-8-6-7-9-16;/h10-12,16H,4-9,13-14,21H2,1-3H3,(H,22,23);1H. The fourth-order valence-electron chi connectivity index (χ4n) is 3.42. The highest BCUT2D eigenvalue weighted by atomic mass is 35.5. The van der Waals surface area contributed by atoms with Crippen molar-refractivity contribution in [3.05, 3.63) is 23.8 Å². The summed E-state index contributed by atoms with van der Waals surface area (Å²) in [5.41, 5.74) is 6.36. The smallest absolute Gasteiger partial charge is 0.227 e.